The lowest BCUT2D eigenvalue weighted by Crippen LogP contribution is -2.28. The van der Waals surface area contributed by atoms with E-state index in [1.807, 2.05) is 29.3 Å². The molecular formula is C15H19N2O3S-. The summed E-state index contributed by atoms with van der Waals surface area (Å²) in [6, 6.07) is 5.73. The maximum atomic E-state index is 11.7. The number of nitrogens with one attached hydrogen (secondary N) is 1. The van der Waals surface area contributed by atoms with E-state index in [9.17, 15) is 8.76 Å². The van der Waals surface area contributed by atoms with Crippen molar-refractivity contribution >= 4 is 22.0 Å². The first-order valence-corrected chi connectivity index (χ1v) is 8.37. The van der Waals surface area contributed by atoms with Gasteiger partial charge in [-0.2, -0.15) is 0 Å². The van der Waals surface area contributed by atoms with E-state index < -0.39 is 16.5 Å². The van der Waals surface area contributed by atoms with E-state index in [4.69, 9.17) is 5.11 Å². The minimum atomic E-state index is -2.17. The number of aliphatic hydroxyl groups excluding tert-OH is 1. The van der Waals surface area contributed by atoms with E-state index in [1.54, 1.807) is 0 Å². The van der Waals surface area contributed by atoms with Crippen LogP contribution in [0.25, 0.3) is 10.9 Å². The fourth-order valence-corrected chi connectivity index (χ4v) is 3.92. The molecule has 1 saturated heterocycles. The number of H-pyrrole nitrogens is 1. The maximum absolute atomic E-state index is 11.7. The van der Waals surface area contributed by atoms with Gasteiger partial charge in [0.25, 0.3) is 0 Å². The molecule has 0 amide bonds. The van der Waals surface area contributed by atoms with Gasteiger partial charge in [0.15, 0.2) is 0 Å². The summed E-state index contributed by atoms with van der Waals surface area (Å²) >= 11 is -2.17. The van der Waals surface area contributed by atoms with Crippen LogP contribution in [0.2, 0.25) is 0 Å². The molecule has 2 N–H and O–H groups in total. The number of hydrogen-bond donors (Lipinski definition) is 2. The zero-order chi connectivity index (χ0) is 14.8. The molecule has 1 aliphatic rings. The summed E-state index contributed by atoms with van der Waals surface area (Å²) in [5, 5.41) is 9.54. The van der Waals surface area contributed by atoms with Crippen molar-refractivity contribution in [2.75, 3.05) is 19.7 Å². The molecule has 2 unspecified atom stereocenters. The number of hydrogen-bond acceptors (Lipinski definition) is 4. The predicted molar refractivity (Wildman–Crippen MR) is 81.6 cm³/mol. The van der Waals surface area contributed by atoms with Gasteiger partial charge < -0.3 is 14.6 Å². The van der Waals surface area contributed by atoms with E-state index in [2.05, 4.69) is 4.98 Å². The molecule has 1 aromatic heterocycles. The standard InChI is InChI=1S/C15H20N2O3S/c18-8-5-12-10-16-14-4-3-11(9-13(12)14)15(21(19)20)17-6-1-2-7-17/h3-4,9-10,15-16,18H,1-2,5-8H2,(H,19,20)/p-1. The van der Waals surface area contributed by atoms with E-state index in [0.29, 0.717) is 6.42 Å². The second kappa shape index (κ2) is 6.27. The molecule has 1 fully saturated rings. The van der Waals surface area contributed by atoms with E-state index in [0.717, 1.165) is 48.0 Å². The van der Waals surface area contributed by atoms with Crippen LogP contribution >= 0.6 is 0 Å². The average molecular weight is 307 g/mol. The molecule has 0 spiro atoms. The summed E-state index contributed by atoms with van der Waals surface area (Å²) in [6.07, 6.45) is 4.55. The van der Waals surface area contributed by atoms with Crippen molar-refractivity contribution < 1.29 is 13.9 Å². The summed E-state index contributed by atoms with van der Waals surface area (Å²) in [4.78, 5) is 5.18. The van der Waals surface area contributed by atoms with Crippen molar-refractivity contribution in [1.82, 2.24) is 9.88 Å². The summed E-state index contributed by atoms with van der Waals surface area (Å²) in [5.74, 6) is 0. The largest absolute Gasteiger partial charge is 0.771 e. The summed E-state index contributed by atoms with van der Waals surface area (Å²) < 4.78 is 23.4. The van der Waals surface area contributed by atoms with Crippen LogP contribution in [-0.2, 0) is 17.5 Å². The Labute approximate surface area is 126 Å². The fourth-order valence-electron chi connectivity index (χ4n) is 3.10. The normalized spacial score (nSPS) is 19.1. The van der Waals surface area contributed by atoms with Crippen LogP contribution < -0.4 is 0 Å². The fraction of sp³-hybridized carbons (Fsp3) is 0.467. The van der Waals surface area contributed by atoms with Gasteiger partial charge in [0, 0.05) is 23.7 Å². The lowest BCUT2D eigenvalue weighted by Gasteiger charge is -2.29. The molecule has 2 aromatic rings. The highest BCUT2D eigenvalue weighted by atomic mass is 32.2. The van der Waals surface area contributed by atoms with Crippen LogP contribution in [-0.4, -0.2) is 43.4 Å². The quantitative estimate of drug-likeness (QED) is 0.824. The van der Waals surface area contributed by atoms with Crippen LogP contribution in [0.3, 0.4) is 0 Å². The van der Waals surface area contributed by atoms with Crippen molar-refractivity contribution in [3.05, 3.63) is 35.5 Å². The molecule has 2 atom stereocenters. The Bertz CT molecular complexity index is 649. The highest BCUT2D eigenvalue weighted by Gasteiger charge is 2.24. The Morgan fingerprint density at radius 1 is 1.38 bits per heavy atom. The second-order valence-electron chi connectivity index (χ2n) is 5.45. The molecule has 0 radical (unpaired) electrons. The average Bonchev–Trinajstić information content (AvgIpc) is 3.10. The van der Waals surface area contributed by atoms with E-state index >= 15 is 0 Å². The number of aromatic amines is 1. The van der Waals surface area contributed by atoms with Crippen LogP contribution in [0.5, 0.6) is 0 Å². The molecule has 114 valence electrons. The molecule has 0 saturated carbocycles. The Hall–Kier alpha value is -1.21. The lowest BCUT2D eigenvalue weighted by molar-refractivity contribution is 0.300. The van der Waals surface area contributed by atoms with Gasteiger partial charge in [0.05, 0.1) is 5.37 Å². The molecule has 5 nitrogen and oxygen atoms in total. The summed E-state index contributed by atoms with van der Waals surface area (Å²) in [6.45, 7) is 1.74. The first-order chi connectivity index (χ1) is 10.2. The first kappa shape index (κ1) is 14.7. The van der Waals surface area contributed by atoms with Gasteiger partial charge in [-0.3, -0.25) is 9.11 Å². The third kappa shape index (κ3) is 2.89. The molecular weight excluding hydrogens is 288 g/mol. The Balaban J connectivity index is 2.00. The molecule has 2 heterocycles. The maximum Gasteiger partial charge on any atom is 0.0982 e. The van der Waals surface area contributed by atoms with Crippen molar-refractivity contribution in [2.45, 2.75) is 24.6 Å². The number of fused-ring (bicyclic) bond motifs is 1. The Morgan fingerprint density at radius 2 is 2.14 bits per heavy atom. The van der Waals surface area contributed by atoms with Crippen molar-refractivity contribution in [3.63, 3.8) is 0 Å². The SMILES string of the molecule is O=S([O-])C(c1ccc2[nH]cc(CCO)c2c1)N1CCCC1. The number of nitrogens with zero attached hydrogens (tertiary/aromatic N) is 1. The van der Waals surface area contributed by atoms with Crippen LogP contribution in [0.15, 0.2) is 24.4 Å². The van der Waals surface area contributed by atoms with Crippen LogP contribution in [0, 0.1) is 0 Å². The Morgan fingerprint density at radius 3 is 2.81 bits per heavy atom. The highest BCUT2D eigenvalue weighted by molar-refractivity contribution is 7.79. The predicted octanol–water partition coefficient (Wildman–Crippen LogP) is 1.68. The zero-order valence-corrected chi connectivity index (χ0v) is 12.6. The topological polar surface area (TPSA) is 79.4 Å². The van der Waals surface area contributed by atoms with Gasteiger partial charge in [0.2, 0.25) is 0 Å². The van der Waals surface area contributed by atoms with Crippen LogP contribution in [0.1, 0.15) is 29.3 Å². The van der Waals surface area contributed by atoms with E-state index in [1.165, 1.54) is 0 Å². The first-order valence-electron chi connectivity index (χ1n) is 7.23. The minimum Gasteiger partial charge on any atom is -0.771 e. The van der Waals surface area contributed by atoms with Crippen molar-refractivity contribution in [3.8, 4) is 0 Å². The zero-order valence-electron chi connectivity index (χ0n) is 11.7. The van der Waals surface area contributed by atoms with Crippen molar-refractivity contribution in [1.29, 1.82) is 0 Å². The summed E-state index contributed by atoms with van der Waals surface area (Å²) in [7, 11) is 0. The molecule has 21 heavy (non-hydrogen) atoms. The molecule has 3 rings (SSSR count). The number of rotatable bonds is 5. The lowest BCUT2D eigenvalue weighted by atomic mass is 10.1. The van der Waals surface area contributed by atoms with Gasteiger partial charge in [-0.15, -0.1) is 0 Å². The third-order valence-corrected chi connectivity index (χ3v) is 5.05. The second-order valence-corrected chi connectivity index (χ2v) is 6.42. The number of aromatic nitrogens is 1. The molecule has 6 heteroatoms. The highest BCUT2D eigenvalue weighted by Crippen LogP contribution is 2.30. The molecule has 0 bridgehead atoms. The van der Waals surface area contributed by atoms with Gasteiger partial charge >= 0.3 is 0 Å². The van der Waals surface area contributed by atoms with Gasteiger partial charge in [-0.25, -0.2) is 0 Å². The number of benzene rings is 1. The number of aliphatic hydroxyl groups is 1. The molecule has 1 aromatic carbocycles. The van der Waals surface area contributed by atoms with Crippen LogP contribution in [0.4, 0.5) is 0 Å². The van der Waals surface area contributed by atoms with E-state index in [-0.39, 0.29) is 6.61 Å². The molecule has 1 aliphatic heterocycles. The number of likely N-dealkylation sites (tertiary alicyclic amines) is 1. The van der Waals surface area contributed by atoms with Gasteiger partial charge in [0.1, 0.15) is 0 Å². The smallest absolute Gasteiger partial charge is 0.0982 e. The third-order valence-electron chi connectivity index (χ3n) is 4.11. The minimum absolute atomic E-state index is 0.0836. The summed E-state index contributed by atoms with van der Waals surface area (Å²) in [5.41, 5.74) is 2.79. The van der Waals surface area contributed by atoms with Crippen molar-refractivity contribution in [2.24, 2.45) is 0 Å². The monoisotopic (exact) mass is 307 g/mol. The molecule has 0 aliphatic carbocycles. The van der Waals surface area contributed by atoms with Gasteiger partial charge in [-0.1, -0.05) is 6.07 Å². The van der Waals surface area contributed by atoms with Gasteiger partial charge in [-0.05, 0) is 66.7 Å². The Kier molecular flexibility index (Phi) is 4.40.